The summed E-state index contributed by atoms with van der Waals surface area (Å²) in [5.41, 5.74) is 6.21. The largest absolute Gasteiger partial charge is 0.338 e. The van der Waals surface area contributed by atoms with Crippen LogP contribution in [0, 0.1) is 5.92 Å². The highest BCUT2D eigenvalue weighted by atomic mass is 15.0. The van der Waals surface area contributed by atoms with E-state index in [-0.39, 0.29) is 0 Å². The summed E-state index contributed by atoms with van der Waals surface area (Å²) in [6.45, 7) is 0. The van der Waals surface area contributed by atoms with Crippen LogP contribution in [-0.4, -0.2) is 15.6 Å². The SMILES string of the molecule is Cn1ccnc1CCC(N)C1CCCC1. The first-order valence-corrected chi connectivity index (χ1v) is 5.99. The van der Waals surface area contributed by atoms with Crippen LogP contribution >= 0.6 is 0 Å². The molecule has 2 N–H and O–H groups in total. The van der Waals surface area contributed by atoms with Crippen molar-refractivity contribution in [1.82, 2.24) is 9.55 Å². The van der Waals surface area contributed by atoms with Crippen molar-refractivity contribution in [3.8, 4) is 0 Å². The minimum atomic E-state index is 0.379. The van der Waals surface area contributed by atoms with Gasteiger partial charge < -0.3 is 10.3 Å². The lowest BCUT2D eigenvalue weighted by Crippen LogP contribution is -2.29. The smallest absolute Gasteiger partial charge is 0.108 e. The van der Waals surface area contributed by atoms with E-state index < -0.39 is 0 Å². The van der Waals surface area contributed by atoms with Gasteiger partial charge in [-0.1, -0.05) is 12.8 Å². The van der Waals surface area contributed by atoms with E-state index >= 15 is 0 Å². The van der Waals surface area contributed by atoms with Gasteiger partial charge in [0.25, 0.3) is 0 Å². The number of hydrogen-bond acceptors (Lipinski definition) is 2. The summed E-state index contributed by atoms with van der Waals surface area (Å²) in [7, 11) is 2.05. The molecule has 0 amide bonds. The van der Waals surface area contributed by atoms with Crippen LogP contribution in [0.5, 0.6) is 0 Å². The Morgan fingerprint density at radius 1 is 1.53 bits per heavy atom. The van der Waals surface area contributed by atoms with Gasteiger partial charge in [-0.3, -0.25) is 0 Å². The van der Waals surface area contributed by atoms with Crippen molar-refractivity contribution in [2.75, 3.05) is 0 Å². The lowest BCUT2D eigenvalue weighted by atomic mass is 9.95. The van der Waals surface area contributed by atoms with E-state index in [1.807, 2.05) is 19.4 Å². The van der Waals surface area contributed by atoms with E-state index in [1.54, 1.807) is 0 Å². The Balaban J connectivity index is 1.80. The van der Waals surface area contributed by atoms with E-state index in [0.717, 1.165) is 24.6 Å². The topological polar surface area (TPSA) is 43.8 Å². The minimum Gasteiger partial charge on any atom is -0.338 e. The number of nitrogens with zero attached hydrogens (tertiary/aromatic N) is 2. The second-order valence-electron chi connectivity index (χ2n) is 4.70. The maximum Gasteiger partial charge on any atom is 0.108 e. The van der Waals surface area contributed by atoms with E-state index in [4.69, 9.17) is 5.73 Å². The first kappa shape index (κ1) is 10.7. The number of nitrogens with two attached hydrogens (primary N) is 1. The molecule has 0 spiro atoms. The zero-order valence-corrected chi connectivity index (χ0v) is 9.52. The minimum absolute atomic E-state index is 0.379. The molecule has 15 heavy (non-hydrogen) atoms. The van der Waals surface area contributed by atoms with Crippen molar-refractivity contribution in [1.29, 1.82) is 0 Å². The number of aromatic nitrogens is 2. The zero-order chi connectivity index (χ0) is 10.7. The molecule has 0 radical (unpaired) electrons. The van der Waals surface area contributed by atoms with E-state index in [9.17, 15) is 0 Å². The molecule has 1 unspecified atom stereocenters. The van der Waals surface area contributed by atoms with Crippen LogP contribution in [0.25, 0.3) is 0 Å². The molecule has 1 fully saturated rings. The second-order valence-corrected chi connectivity index (χ2v) is 4.70. The van der Waals surface area contributed by atoms with Crippen LogP contribution in [0.1, 0.15) is 37.9 Å². The summed E-state index contributed by atoms with van der Waals surface area (Å²) >= 11 is 0. The average molecular weight is 207 g/mol. The van der Waals surface area contributed by atoms with Crippen LogP contribution in [0.3, 0.4) is 0 Å². The lowest BCUT2D eigenvalue weighted by molar-refractivity contribution is 0.406. The van der Waals surface area contributed by atoms with Gasteiger partial charge in [-0.2, -0.15) is 0 Å². The van der Waals surface area contributed by atoms with E-state index in [0.29, 0.717) is 6.04 Å². The summed E-state index contributed by atoms with van der Waals surface area (Å²) in [5.74, 6) is 1.92. The van der Waals surface area contributed by atoms with Crippen molar-refractivity contribution in [2.24, 2.45) is 18.7 Å². The summed E-state index contributed by atoms with van der Waals surface area (Å²) < 4.78 is 2.08. The fourth-order valence-corrected chi connectivity index (χ4v) is 2.55. The zero-order valence-electron chi connectivity index (χ0n) is 9.52. The van der Waals surface area contributed by atoms with Gasteiger partial charge in [-0.05, 0) is 25.2 Å². The fourth-order valence-electron chi connectivity index (χ4n) is 2.55. The van der Waals surface area contributed by atoms with E-state index in [2.05, 4.69) is 9.55 Å². The number of hydrogen-bond donors (Lipinski definition) is 1. The van der Waals surface area contributed by atoms with Crippen molar-refractivity contribution in [3.05, 3.63) is 18.2 Å². The van der Waals surface area contributed by atoms with Crippen LogP contribution in [0.4, 0.5) is 0 Å². The summed E-state index contributed by atoms with van der Waals surface area (Å²) in [6.07, 6.45) is 11.4. The molecule has 1 aromatic heterocycles. The first-order chi connectivity index (χ1) is 7.27. The van der Waals surface area contributed by atoms with Crippen LogP contribution in [0.15, 0.2) is 12.4 Å². The predicted molar refractivity (Wildman–Crippen MR) is 61.5 cm³/mol. The normalized spacial score (nSPS) is 19.6. The highest BCUT2D eigenvalue weighted by molar-refractivity contribution is 4.92. The van der Waals surface area contributed by atoms with Crippen molar-refractivity contribution < 1.29 is 0 Å². The molecule has 1 aromatic rings. The highest BCUT2D eigenvalue weighted by Gasteiger charge is 2.21. The molecule has 0 bridgehead atoms. The van der Waals surface area contributed by atoms with Crippen molar-refractivity contribution in [2.45, 2.75) is 44.6 Å². The number of aryl methyl sites for hydroxylation is 2. The third kappa shape index (κ3) is 2.59. The Morgan fingerprint density at radius 3 is 2.87 bits per heavy atom. The Hall–Kier alpha value is -0.830. The van der Waals surface area contributed by atoms with Crippen LogP contribution < -0.4 is 5.73 Å². The number of imidazole rings is 1. The fraction of sp³-hybridized carbons (Fsp3) is 0.750. The first-order valence-electron chi connectivity index (χ1n) is 5.99. The molecule has 0 saturated heterocycles. The highest BCUT2D eigenvalue weighted by Crippen LogP contribution is 2.28. The Bertz CT molecular complexity index is 300. The van der Waals surface area contributed by atoms with Gasteiger partial charge in [0.2, 0.25) is 0 Å². The van der Waals surface area contributed by atoms with Crippen LogP contribution in [-0.2, 0) is 13.5 Å². The third-order valence-corrected chi connectivity index (χ3v) is 3.63. The molecule has 3 heteroatoms. The molecule has 1 atom stereocenters. The van der Waals surface area contributed by atoms with Gasteiger partial charge in [0, 0.05) is 31.9 Å². The van der Waals surface area contributed by atoms with Gasteiger partial charge in [-0.15, -0.1) is 0 Å². The quantitative estimate of drug-likeness (QED) is 0.819. The van der Waals surface area contributed by atoms with Crippen molar-refractivity contribution >= 4 is 0 Å². The molecule has 0 aliphatic heterocycles. The van der Waals surface area contributed by atoms with Gasteiger partial charge in [0.05, 0.1) is 0 Å². The lowest BCUT2D eigenvalue weighted by Gasteiger charge is -2.18. The molecule has 1 aliphatic carbocycles. The molecule has 1 heterocycles. The molecule has 0 aromatic carbocycles. The van der Waals surface area contributed by atoms with Gasteiger partial charge in [-0.25, -0.2) is 4.98 Å². The molecule has 1 saturated carbocycles. The van der Waals surface area contributed by atoms with Gasteiger partial charge in [0.15, 0.2) is 0 Å². The van der Waals surface area contributed by atoms with Gasteiger partial charge in [0.1, 0.15) is 5.82 Å². The summed E-state index contributed by atoms with van der Waals surface area (Å²) in [4.78, 5) is 4.32. The monoisotopic (exact) mass is 207 g/mol. The number of rotatable bonds is 4. The molecule has 84 valence electrons. The maximum absolute atomic E-state index is 6.21. The molecule has 3 nitrogen and oxygen atoms in total. The Labute approximate surface area is 91.7 Å². The summed E-state index contributed by atoms with van der Waals surface area (Å²) in [6, 6.07) is 0.379. The van der Waals surface area contributed by atoms with Crippen LogP contribution in [0.2, 0.25) is 0 Å². The standard InChI is InChI=1S/C12H21N3/c1-15-9-8-14-12(15)7-6-11(13)10-4-2-3-5-10/h8-11H,2-7,13H2,1H3. The Morgan fingerprint density at radius 2 is 2.27 bits per heavy atom. The molecule has 1 aliphatic rings. The van der Waals surface area contributed by atoms with Crippen molar-refractivity contribution in [3.63, 3.8) is 0 Å². The Kier molecular flexibility index (Phi) is 3.41. The third-order valence-electron chi connectivity index (χ3n) is 3.63. The summed E-state index contributed by atoms with van der Waals surface area (Å²) in [5, 5.41) is 0. The second kappa shape index (κ2) is 4.79. The maximum atomic E-state index is 6.21. The average Bonchev–Trinajstić information content (AvgIpc) is 2.85. The van der Waals surface area contributed by atoms with E-state index in [1.165, 1.54) is 25.7 Å². The predicted octanol–water partition coefficient (Wildman–Crippen LogP) is 1.87. The molecular formula is C12H21N3. The van der Waals surface area contributed by atoms with Gasteiger partial charge >= 0.3 is 0 Å². The molecular weight excluding hydrogens is 186 g/mol. The molecule has 2 rings (SSSR count).